The van der Waals surface area contributed by atoms with E-state index in [1.165, 1.54) is 19.3 Å². The van der Waals surface area contributed by atoms with Gasteiger partial charge in [0.2, 0.25) is 0 Å². The number of anilines is 1. The van der Waals surface area contributed by atoms with Gasteiger partial charge in [0.25, 0.3) is 0 Å². The van der Waals surface area contributed by atoms with E-state index in [-0.39, 0.29) is 0 Å². The molecule has 1 aliphatic carbocycles. The molecule has 1 aliphatic rings. The first-order chi connectivity index (χ1) is 7.29. The van der Waals surface area contributed by atoms with Gasteiger partial charge in [0, 0.05) is 12.6 Å². The third kappa shape index (κ3) is 2.43. The van der Waals surface area contributed by atoms with E-state index in [9.17, 15) is 0 Å². The van der Waals surface area contributed by atoms with Crippen LogP contribution < -0.4 is 11.3 Å². The molecule has 5 nitrogen and oxygen atoms in total. The SMILES string of the molecule is CN(Cc1cnc(NN)cn1)C1CCC1. The van der Waals surface area contributed by atoms with E-state index in [0.717, 1.165) is 18.3 Å². The van der Waals surface area contributed by atoms with Gasteiger partial charge >= 0.3 is 0 Å². The lowest BCUT2D eigenvalue weighted by molar-refractivity contribution is 0.151. The summed E-state index contributed by atoms with van der Waals surface area (Å²) in [5, 5.41) is 0. The molecule has 5 heteroatoms. The number of hydrazine groups is 1. The van der Waals surface area contributed by atoms with Gasteiger partial charge in [-0.3, -0.25) is 9.88 Å². The van der Waals surface area contributed by atoms with Crippen LogP contribution in [0.4, 0.5) is 5.82 Å². The van der Waals surface area contributed by atoms with Crippen molar-refractivity contribution in [1.82, 2.24) is 14.9 Å². The molecule has 82 valence electrons. The van der Waals surface area contributed by atoms with Gasteiger partial charge in [0.15, 0.2) is 5.82 Å². The van der Waals surface area contributed by atoms with E-state index in [0.29, 0.717) is 5.82 Å². The van der Waals surface area contributed by atoms with Crippen LogP contribution in [0.25, 0.3) is 0 Å². The van der Waals surface area contributed by atoms with Crippen molar-refractivity contribution < 1.29 is 0 Å². The van der Waals surface area contributed by atoms with E-state index >= 15 is 0 Å². The Morgan fingerprint density at radius 1 is 1.47 bits per heavy atom. The highest BCUT2D eigenvalue weighted by molar-refractivity contribution is 5.28. The van der Waals surface area contributed by atoms with Gasteiger partial charge < -0.3 is 5.43 Å². The molecule has 1 saturated carbocycles. The van der Waals surface area contributed by atoms with Gasteiger partial charge in [-0.05, 0) is 19.9 Å². The molecule has 3 N–H and O–H groups in total. The second-order valence-corrected chi connectivity index (χ2v) is 4.04. The molecule has 0 atom stereocenters. The van der Waals surface area contributed by atoms with Crippen LogP contribution in [0.1, 0.15) is 25.0 Å². The first kappa shape index (κ1) is 10.3. The van der Waals surface area contributed by atoms with Crippen molar-refractivity contribution in [2.45, 2.75) is 31.8 Å². The van der Waals surface area contributed by atoms with Crippen LogP contribution in [-0.4, -0.2) is 28.0 Å². The first-order valence-corrected chi connectivity index (χ1v) is 5.27. The van der Waals surface area contributed by atoms with Gasteiger partial charge in [0.1, 0.15) is 0 Å². The van der Waals surface area contributed by atoms with Crippen LogP contribution in [0.2, 0.25) is 0 Å². The van der Waals surface area contributed by atoms with Crippen LogP contribution >= 0.6 is 0 Å². The fraction of sp³-hybridized carbons (Fsp3) is 0.600. The van der Waals surface area contributed by atoms with Crippen molar-refractivity contribution in [3.8, 4) is 0 Å². The number of nitrogens with zero attached hydrogens (tertiary/aromatic N) is 3. The second kappa shape index (κ2) is 4.55. The largest absolute Gasteiger partial charge is 0.307 e. The Morgan fingerprint density at radius 2 is 2.27 bits per heavy atom. The summed E-state index contributed by atoms with van der Waals surface area (Å²) in [5.74, 6) is 5.82. The number of aromatic nitrogens is 2. The molecule has 1 aromatic rings. The Hall–Kier alpha value is -1.20. The lowest BCUT2D eigenvalue weighted by Gasteiger charge is -2.34. The Labute approximate surface area is 89.7 Å². The average molecular weight is 207 g/mol. The molecule has 1 heterocycles. The minimum atomic E-state index is 0.602. The minimum absolute atomic E-state index is 0.602. The van der Waals surface area contributed by atoms with E-state index in [2.05, 4.69) is 27.3 Å². The molecule has 0 aromatic carbocycles. The Morgan fingerprint density at radius 3 is 2.73 bits per heavy atom. The smallest absolute Gasteiger partial charge is 0.158 e. The monoisotopic (exact) mass is 207 g/mol. The number of rotatable bonds is 4. The van der Waals surface area contributed by atoms with E-state index < -0.39 is 0 Å². The standard InChI is InChI=1S/C10H17N5/c1-15(9-3-2-4-9)7-8-5-13-10(14-11)6-12-8/h5-6,9H,2-4,7,11H2,1H3,(H,13,14). The topological polar surface area (TPSA) is 67.1 Å². The minimum Gasteiger partial charge on any atom is -0.307 e. The third-order valence-electron chi connectivity index (χ3n) is 2.96. The molecule has 0 bridgehead atoms. The quantitative estimate of drug-likeness (QED) is 0.563. The molecule has 1 aromatic heterocycles. The predicted molar refractivity (Wildman–Crippen MR) is 58.9 cm³/mol. The molecule has 0 radical (unpaired) electrons. The highest BCUT2D eigenvalue weighted by Gasteiger charge is 2.21. The Bertz CT molecular complexity index is 306. The summed E-state index contributed by atoms with van der Waals surface area (Å²) >= 11 is 0. The predicted octanol–water partition coefficient (Wildman–Crippen LogP) is 0.746. The summed E-state index contributed by atoms with van der Waals surface area (Å²) < 4.78 is 0. The van der Waals surface area contributed by atoms with E-state index in [4.69, 9.17) is 5.84 Å². The summed E-state index contributed by atoms with van der Waals surface area (Å²) in [6, 6.07) is 0.735. The molecule has 1 fully saturated rings. The van der Waals surface area contributed by atoms with Gasteiger partial charge in [-0.15, -0.1) is 0 Å². The highest BCUT2D eigenvalue weighted by Crippen LogP contribution is 2.24. The van der Waals surface area contributed by atoms with Gasteiger partial charge in [0.05, 0.1) is 18.1 Å². The van der Waals surface area contributed by atoms with E-state index in [1.807, 2.05) is 0 Å². The molecule has 0 aliphatic heterocycles. The van der Waals surface area contributed by atoms with Crippen molar-refractivity contribution in [2.75, 3.05) is 12.5 Å². The molecule has 0 saturated heterocycles. The lowest BCUT2D eigenvalue weighted by Crippen LogP contribution is -2.36. The molecule has 2 rings (SSSR count). The van der Waals surface area contributed by atoms with Gasteiger partial charge in [-0.1, -0.05) is 6.42 Å². The van der Waals surface area contributed by atoms with Crippen molar-refractivity contribution in [1.29, 1.82) is 0 Å². The van der Waals surface area contributed by atoms with Crippen LogP contribution in [0.15, 0.2) is 12.4 Å². The first-order valence-electron chi connectivity index (χ1n) is 5.27. The number of nitrogen functional groups attached to an aromatic ring is 1. The lowest BCUT2D eigenvalue weighted by atomic mass is 9.92. The van der Waals surface area contributed by atoms with Gasteiger partial charge in [-0.25, -0.2) is 10.8 Å². The van der Waals surface area contributed by atoms with Crippen molar-refractivity contribution >= 4 is 5.82 Å². The Kier molecular flexibility index (Phi) is 3.13. The van der Waals surface area contributed by atoms with Crippen LogP contribution in [0, 0.1) is 0 Å². The van der Waals surface area contributed by atoms with Crippen molar-refractivity contribution in [3.63, 3.8) is 0 Å². The number of hydrogen-bond acceptors (Lipinski definition) is 5. The second-order valence-electron chi connectivity index (χ2n) is 4.04. The van der Waals surface area contributed by atoms with Crippen LogP contribution in [0.3, 0.4) is 0 Å². The van der Waals surface area contributed by atoms with Crippen LogP contribution in [-0.2, 0) is 6.54 Å². The van der Waals surface area contributed by atoms with Gasteiger partial charge in [-0.2, -0.15) is 0 Å². The zero-order chi connectivity index (χ0) is 10.7. The maximum absolute atomic E-state index is 5.22. The summed E-state index contributed by atoms with van der Waals surface area (Å²) in [5.41, 5.74) is 3.45. The molecule has 15 heavy (non-hydrogen) atoms. The van der Waals surface area contributed by atoms with Crippen molar-refractivity contribution in [2.24, 2.45) is 5.84 Å². The fourth-order valence-electron chi connectivity index (χ4n) is 1.72. The molecule has 0 amide bonds. The number of nitrogens with two attached hydrogens (primary N) is 1. The Balaban J connectivity index is 1.91. The van der Waals surface area contributed by atoms with E-state index in [1.54, 1.807) is 12.4 Å². The fourth-order valence-corrected chi connectivity index (χ4v) is 1.72. The summed E-state index contributed by atoms with van der Waals surface area (Å²) in [6.45, 7) is 0.864. The maximum atomic E-state index is 5.22. The average Bonchev–Trinajstić information content (AvgIpc) is 2.16. The summed E-state index contributed by atoms with van der Waals surface area (Å²) in [4.78, 5) is 10.7. The third-order valence-corrected chi connectivity index (χ3v) is 2.96. The van der Waals surface area contributed by atoms with Crippen molar-refractivity contribution in [3.05, 3.63) is 18.1 Å². The molecular weight excluding hydrogens is 190 g/mol. The highest BCUT2D eigenvalue weighted by atomic mass is 15.3. The maximum Gasteiger partial charge on any atom is 0.158 e. The normalized spacial score (nSPS) is 16.5. The number of hydrogen-bond donors (Lipinski definition) is 2. The van der Waals surface area contributed by atoms with Crippen LogP contribution in [0.5, 0.6) is 0 Å². The zero-order valence-corrected chi connectivity index (χ0v) is 8.98. The molecule has 0 unspecified atom stereocenters. The summed E-state index contributed by atoms with van der Waals surface area (Å²) in [7, 11) is 2.14. The number of nitrogens with one attached hydrogen (secondary N) is 1. The molecule has 0 spiro atoms. The zero-order valence-electron chi connectivity index (χ0n) is 8.98. The summed E-state index contributed by atoms with van der Waals surface area (Å²) in [6.07, 6.45) is 7.41. The molecular formula is C10H17N5.